The maximum atomic E-state index is 12.2. The smallest absolute Gasteiger partial charge is 0.370 e. The fourth-order valence-corrected chi connectivity index (χ4v) is 2.55. The highest BCUT2D eigenvalue weighted by Gasteiger charge is 2.27. The van der Waals surface area contributed by atoms with E-state index in [4.69, 9.17) is 10.5 Å². The van der Waals surface area contributed by atoms with Crippen LogP contribution in [0.25, 0.3) is 0 Å². The Morgan fingerprint density at radius 1 is 1.08 bits per heavy atom. The molecule has 0 aliphatic rings. The number of aromatic nitrogens is 2. The highest BCUT2D eigenvalue weighted by molar-refractivity contribution is 7.13. The first-order valence-electron chi connectivity index (χ1n) is 6.15. The van der Waals surface area contributed by atoms with E-state index in [0.29, 0.717) is 0 Å². The van der Waals surface area contributed by atoms with Crippen LogP contribution in [-0.2, 0) is 24.0 Å². The van der Waals surface area contributed by atoms with Gasteiger partial charge in [-0.2, -0.15) is 0 Å². The summed E-state index contributed by atoms with van der Waals surface area (Å²) in [4.78, 5) is 41.3. The molecule has 0 spiro atoms. The van der Waals surface area contributed by atoms with Crippen molar-refractivity contribution in [3.8, 4) is 0 Å². The molecule has 2 heterocycles. The molecule has 0 aromatic carbocycles. The maximum absolute atomic E-state index is 12.2. The number of rotatable bonds is 6. The summed E-state index contributed by atoms with van der Waals surface area (Å²) in [6.45, 7) is 0. The van der Waals surface area contributed by atoms with E-state index in [0.717, 1.165) is 11.3 Å². The lowest BCUT2D eigenvalue weighted by Crippen LogP contribution is -2.28. The second kappa shape index (κ2) is 8.12. The van der Waals surface area contributed by atoms with Crippen molar-refractivity contribution < 1.29 is 24.0 Å². The molecule has 24 heavy (non-hydrogen) atoms. The number of ether oxygens (including phenoxy) is 1. The average Bonchev–Trinajstić information content (AvgIpc) is 3.21. The van der Waals surface area contributed by atoms with Gasteiger partial charge in [-0.05, 0) is 0 Å². The predicted octanol–water partition coefficient (Wildman–Crippen LogP) is 0.653. The lowest BCUT2D eigenvalue weighted by Gasteiger charge is -2.04. The van der Waals surface area contributed by atoms with Crippen molar-refractivity contribution in [2.45, 2.75) is 0 Å². The number of nitrogens with two attached hydrogens (primary N) is 1. The lowest BCUT2D eigenvalue weighted by molar-refractivity contribution is -0.149. The van der Waals surface area contributed by atoms with Crippen molar-refractivity contribution >= 4 is 51.2 Å². The summed E-state index contributed by atoms with van der Waals surface area (Å²) in [6, 6.07) is 0. The molecular formula is C12H11N5O5S2. The summed E-state index contributed by atoms with van der Waals surface area (Å²) in [6.07, 6.45) is 0. The van der Waals surface area contributed by atoms with E-state index in [1.165, 1.54) is 36.4 Å². The summed E-state index contributed by atoms with van der Waals surface area (Å²) in [5.41, 5.74) is 6.77. The first kappa shape index (κ1) is 17.5. The van der Waals surface area contributed by atoms with Gasteiger partial charge in [-0.25, -0.2) is 19.6 Å². The zero-order valence-electron chi connectivity index (χ0n) is 12.5. The summed E-state index contributed by atoms with van der Waals surface area (Å²) < 4.78 is 4.76. The van der Waals surface area contributed by atoms with Gasteiger partial charge in [-0.15, -0.1) is 22.7 Å². The van der Waals surface area contributed by atoms with Gasteiger partial charge in [0.25, 0.3) is 0 Å². The molecule has 0 saturated carbocycles. The molecule has 0 saturated heterocycles. The Labute approximate surface area is 143 Å². The third-order valence-corrected chi connectivity index (χ3v) is 3.64. The first-order valence-corrected chi connectivity index (χ1v) is 7.97. The van der Waals surface area contributed by atoms with Crippen LogP contribution in [-0.4, -0.2) is 47.5 Å². The fourth-order valence-electron chi connectivity index (χ4n) is 1.47. The number of thiazole rings is 2. The molecule has 10 nitrogen and oxygen atoms in total. The Kier molecular flexibility index (Phi) is 5.92. The summed E-state index contributed by atoms with van der Waals surface area (Å²) in [7, 11) is 2.48. The average molecular weight is 369 g/mol. The van der Waals surface area contributed by atoms with E-state index in [-0.39, 0.29) is 27.9 Å². The molecule has 2 aromatic rings. The molecule has 0 radical (unpaired) electrons. The number of nitrogens with zero attached hydrogens (tertiary/aromatic N) is 4. The van der Waals surface area contributed by atoms with E-state index in [9.17, 15) is 9.59 Å². The molecule has 2 aromatic heterocycles. The minimum Gasteiger partial charge on any atom is -0.398 e. The van der Waals surface area contributed by atoms with Gasteiger partial charge in [0.2, 0.25) is 11.4 Å². The molecule has 0 bridgehead atoms. The molecule has 126 valence electrons. The van der Waals surface area contributed by atoms with Crippen molar-refractivity contribution in [2.75, 3.05) is 20.0 Å². The van der Waals surface area contributed by atoms with Gasteiger partial charge in [0, 0.05) is 10.8 Å². The highest BCUT2D eigenvalue weighted by atomic mass is 32.1. The molecule has 0 amide bonds. The van der Waals surface area contributed by atoms with E-state index in [1.54, 1.807) is 5.38 Å². The van der Waals surface area contributed by atoms with E-state index in [2.05, 4.69) is 30.0 Å². The van der Waals surface area contributed by atoms with Crippen LogP contribution in [0.5, 0.6) is 0 Å². The maximum Gasteiger partial charge on any atom is 0.370 e. The highest BCUT2D eigenvalue weighted by Crippen LogP contribution is 2.13. The van der Waals surface area contributed by atoms with Gasteiger partial charge in [0.15, 0.2) is 5.13 Å². The van der Waals surface area contributed by atoms with Crippen LogP contribution in [0.15, 0.2) is 26.6 Å². The lowest BCUT2D eigenvalue weighted by atomic mass is 10.3. The Morgan fingerprint density at radius 3 is 2.17 bits per heavy atom. The number of hydrogen-bond acceptors (Lipinski definition) is 12. The second-order valence-electron chi connectivity index (χ2n) is 3.87. The zero-order valence-corrected chi connectivity index (χ0v) is 14.1. The van der Waals surface area contributed by atoms with E-state index >= 15 is 0 Å². The van der Waals surface area contributed by atoms with Gasteiger partial charge in [-0.3, -0.25) is 0 Å². The number of carbonyl (C=O) groups excluding carboxylic acids is 2. The van der Waals surface area contributed by atoms with E-state index in [1.807, 2.05) is 0 Å². The minimum absolute atomic E-state index is 0.121. The predicted molar refractivity (Wildman–Crippen MR) is 86.8 cm³/mol. The molecule has 0 aliphatic heterocycles. The largest absolute Gasteiger partial charge is 0.398 e. The fraction of sp³-hybridized carbons (Fsp3) is 0.167. The Balaban J connectivity index is 2.21. The molecule has 2 N–H and O–H groups in total. The topological polar surface area (TPSA) is 138 Å². The van der Waals surface area contributed by atoms with Crippen LogP contribution in [0.2, 0.25) is 0 Å². The standard InChI is InChI=1S/C12H11N5O5S2/c1-20-16-8(6-3-23-5-14-6)10(18)22-11(19)9(17-21-2)7-4-24-12(13)15-7/h3-5H,1-2H3,(H2,13,15)/b16-8-,17-9-. The van der Waals surface area contributed by atoms with Crippen molar-refractivity contribution in [1.29, 1.82) is 0 Å². The molecule has 12 heteroatoms. The van der Waals surface area contributed by atoms with Crippen LogP contribution in [0.4, 0.5) is 5.13 Å². The third-order valence-electron chi connectivity index (χ3n) is 2.38. The van der Waals surface area contributed by atoms with E-state index < -0.39 is 11.9 Å². The van der Waals surface area contributed by atoms with Gasteiger partial charge < -0.3 is 20.1 Å². The van der Waals surface area contributed by atoms with Gasteiger partial charge in [-0.1, -0.05) is 10.3 Å². The van der Waals surface area contributed by atoms with Gasteiger partial charge in [0.1, 0.15) is 25.6 Å². The normalized spacial score (nSPS) is 11.9. The molecular weight excluding hydrogens is 358 g/mol. The minimum atomic E-state index is -1.08. The Morgan fingerprint density at radius 2 is 1.71 bits per heavy atom. The number of esters is 2. The Bertz CT molecular complexity index is 784. The number of carbonyl (C=O) groups is 2. The molecule has 0 fully saturated rings. The summed E-state index contributed by atoms with van der Waals surface area (Å²) in [5, 5.41) is 10.3. The molecule has 0 unspecified atom stereocenters. The molecule has 0 atom stereocenters. The number of nitrogen functional groups attached to an aromatic ring is 1. The van der Waals surface area contributed by atoms with Gasteiger partial charge in [0.05, 0.1) is 5.51 Å². The van der Waals surface area contributed by atoms with Crippen LogP contribution in [0.3, 0.4) is 0 Å². The van der Waals surface area contributed by atoms with Crippen molar-refractivity contribution in [3.63, 3.8) is 0 Å². The Hall–Kier alpha value is -2.86. The van der Waals surface area contributed by atoms with Crippen LogP contribution >= 0.6 is 22.7 Å². The second-order valence-corrected chi connectivity index (χ2v) is 5.47. The number of anilines is 1. The monoisotopic (exact) mass is 369 g/mol. The SMILES string of the molecule is CO/N=C(\C(=O)OC(=O)/C(=N\OC)c1csc(N)n1)c1cscn1. The quantitative estimate of drug-likeness (QED) is 0.339. The molecule has 0 aliphatic carbocycles. The zero-order chi connectivity index (χ0) is 17.5. The van der Waals surface area contributed by atoms with Crippen LogP contribution in [0.1, 0.15) is 11.4 Å². The number of hydrogen-bond donors (Lipinski definition) is 1. The van der Waals surface area contributed by atoms with Crippen molar-refractivity contribution in [3.05, 3.63) is 27.7 Å². The van der Waals surface area contributed by atoms with Crippen LogP contribution < -0.4 is 5.73 Å². The third kappa shape index (κ3) is 4.11. The summed E-state index contributed by atoms with van der Waals surface area (Å²) in [5.74, 6) is -2.13. The van der Waals surface area contributed by atoms with Gasteiger partial charge >= 0.3 is 11.9 Å². The van der Waals surface area contributed by atoms with Crippen LogP contribution in [0, 0.1) is 0 Å². The first-order chi connectivity index (χ1) is 11.6. The number of oxime groups is 2. The molecule has 2 rings (SSSR count). The van der Waals surface area contributed by atoms with Crippen molar-refractivity contribution in [1.82, 2.24) is 9.97 Å². The summed E-state index contributed by atoms with van der Waals surface area (Å²) >= 11 is 2.33. The van der Waals surface area contributed by atoms with Crippen molar-refractivity contribution in [2.24, 2.45) is 10.3 Å².